The highest BCUT2D eigenvalue weighted by Gasteiger charge is 2.44. The van der Waals surface area contributed by atoms with Crippen molar-refractivity contribution in [2.45, 2.75) is 58.7 Å². The largest absolute Gasteiger partial charge is 0.339 e. The first-order valence-electron chi connectivity index (χ1n) is 10.0. The lowest BCUT2D eigenvalue weighted by molar-refractivity contribution is -0.136. The van der Waals surface area contributed by atoms with E-state index >= 15 is 0 Å². The molecule has 0 saturated carbocycles. The van der Waals surface area contributed by atoms with Crippen LogP contribution in [0.25, 0.3) is 0 Å². The molecule has 0 radical (unpaired) electrons. The van der Waals surface area contributed by atoms with E-state index in [-0.39, 0.29) is 18.0 Å². The first-order valence-corrected chi connectivity index (χ1v) is 10.0. The van der Waals surface area contributed by atoms with Gasteiger partial charge in [0, 0.05) is 25.8 Å². The summed E-state index contributed by atoms with van der Waals surface area (Å²) in [4.78, 5) is 17.0. The van der Waals surface area contributed by atoms with Crippen molar-refractivity contribution < 1.29 is 4.79 Å². The molecule has 1 fully saturated rings. The lowest BCUT2D eigenvalue weighted by Crippen LogP contribution is -2.57. The number of nitrogens with zero attached hydrogens (tertiary/aromatic N) is 8. The van der Waals surface area contributed by atoms with Crippen LogP contribution in [0.15, 0.2) is 12.4 Å². The van der Waals surface area contributed by atoms with Gasteiger partial charge in [0.15, 0.2) is 5.82 Å². The molecule has 0 aromatic carbocycles. The van der Waals surface area contributed by atoms with Crippen LogP contribution in [-0.4, -0.2) is 72.9 Å². The Morgan fingerprint density at radius 1 is 1.36 bits per heavy atom. The van der Waals surface area contributed by atoms with Gasteiger partial charge in [-0.05, 0) is 62.2 Å². The molecule has 1 aliphatic heterocycles. The fourth-order valence-electron chi connectivity index (χ4n) is 3.86. The zero-order chi connectivity index (χ0) is 20.3. The fourth-order valence-corrected chi connectivity index (χ4v) is 3.86. The predicted octanol–water partition coefficient (Wildman–Crippen LogP) is 1.30. The summed E-state index contributed by atoms with van der Waals surface area (Å²) in [6, 6.07) is 0. The molecule has 154 valence electrons. The summed E-state index contributed by atoms with van der Waals surface area (Å²) in [6.07, 6.45) is 6.53. The molecule has 0 N–H and O–H groups in total. The molecule has 1 unspecified atom stereocenters. The van der Waals surface area contributed by atoms with Crippen LogP contribution in [0.1, 0.15) is 44.5 Å². The maximum Gasteiger partial charge on any atom is 0.244 e. The number of carbonyl (C=O) groups excluding carboxylic acids is 1. The monoisotopic (exact) mass is 388 g/mol. The van der Waals surface area contributed by atoms with Gasteiger partial charge in [-0.1, -0.05) is 13.8 Å². The molecule has 1 atom stereocenters. The van der Waals surface area contributed by atoms with Gasteiger partial charge in [-0.2, -0.15) is 5.10 Å². The highest BCUT2D eigenvalue weighted by atomic mass is 16.2. The van der Waals surface area contributed by atoms with Crippen LogP contribution in [-0.2, 0) is 23.4 Å². The summed E-state index contributed by atoms with van der Waals surface area (Å²) in [5.41, 5.74) is 0.674. The van der Waals surface area contributed by atoms with Crippen molar-refractivity contribution in [2.75, 3.05) is 27.2 Å². The Bertz CT molecular complexity index is 795. The molecule has 1 amide bonds. The van der Waals surface area contributed by atoms with E-state index in [1.807, 2.05) is 36.8 Å². The van der Waals surface area contributed by atoms with Gasteiger partial charge in [0.1, 0.15) is 12.1 Å². The maximum atomic E-state index is 12.9. The lowest BCUT2D eigenvalue weighted by atomic mass is 9.86. The van der Waals surface area contributed by atoms with Crippen molar-refractivity contribution in [3.63, 3.8) is 0 Å². The van der Waals surface area contributed by atoms with Crippen molar-refractivity contribution >= 4 is 5.91 Å². The van der Waals surface area contributed by atoms with Crippen LogP contribution in [0.2, 0.25) is 0 Å². The number of likely N-dealkylation sites (tertiary alicyclic amines) is 1. The normalized spacial score (nSPS) is 20.3. The number of hydrogen-bond donors (Lipinski definition) is 0. The number of hydrogen-bond acceptors (Lipinski definition) is 6. The fraction of sp³-hybridized carbons (Fsp3) is 0.737. The van der Waals surface area contributed by atoms with Crippen LogP contribution in [0.3, 0.4) is 0 Å². The van der Waals surface area contributed by atoms with E-state index in [4.69, 9.17) is 0 Å². The van der Waals surface area contributed by atoms with E-state index in [2.05, 4.69) is 39.4 Å². The Morgan fingerprint density at radius 2 is 2.14 bits per heavy atom. The quantitative estimate of drug-likeness (QED) is 0.711. The highest BCUT2D eigenvalue weighted by molar-refractivity contribution is 5.76. The summed E-state index contributed by atoms with van der Waals surface area (Å²) in [7, 11) is 4.10. The third kappa shape index (κ3) is 4.24. The van der Waals surface area contributed by atoms with E-state index in [0.717, 1.165) is 43.7 Å². The van der Waals surface area contributed by atoms with Gasteiger partial charge < -0.3 is 4.90 Å². The van der Waals surface area contributed by atoms with Crippen LogP contribution in [0.4, 0.5) is 0 Å². The number of rotatable bonds is 7. The molecule has 1 aliphatic rings. The minimum Gasteiger partial charge on any atom is -0.339 e. The summed E-state index contributed by atoms with van der Waals surface area (Å²) < 4.78 is 3.63. The molecule has 2 aromatic heterocycles. The molecule has 28 heavy (non-hydrogen) atoms. The second-order valence-corrected chi connectivity index (χ2v) is 8.47. The van der Waals surface area contributed by atoms with E-state index in [9.17, 15) is 4.79 Å². The van der Waals surface area contributed by atoms with Gasteiger partial charge in [0.2, 0.25) is 5.91 Å². The van der Waals surface area contributed by atoms with Crippen LogP contribution < -0.4 is 0 Å². The number of aryl methyl sites for hydroxylation is 2. The van der Waals surface area contributed by atoms with E-state index in [1.54, 1.807) is 10.9 Å². The lowest BCUT2D eigenvalue weighted by Gasteiger charge is -2.45. The zero-order valence-corrected chi connectivity index (χ0v) is 17.7. The predicted molar refractivity (Wildman–Crippen MR) is 105 cm³/mol. The van der Waals surface area contributed by atoms with Crippen molar-refractivity contribution in [2.24, 2.45) is 5.92 Å². The minimum atomic E-state index is -0.381. The first-order chi connectivity index (χ1) is 13.3. The topological polar surface area (TPSA) is 85.0 Å². The Hall–Kier alpha value is -2.29. The Kier molecular flexibility index (Phi) is 6.12. The van der Waals surface area contributed by atoms with E-state index < -0.39 is 0 Å². The Balaban J connectivity index is 1.81. The van der Waals surface area contributed by atoms with Gasteiger partial charge in [0.05, 0.1) is 6.20 Å². The van der Waals surface area contributed by atoms with E-state index in [0.29, 0.717) is 12.5 Å². The highest BCUT2D eigenvalue weighted by Crippen LogP contribution is 2.35. The Labute approximate surface area is 166 Å². The molecule has 9 nitrogen and oxygen atoms in total. The summed E-state index contributed by atoms with van der Waals surface area (Å²) in [5.74, 6) is 1.51. The molecule has 0 aliphatic carbocycles. The van der Waals surface area contributed by atoms with Crippen molar-refractivity contribution in [1.29, 1.82) is 0 Å². The molecule has 9 heteroatoms. The average molecular weight is 389 g/mol. The number of tetrazole rings is 1. The minimum absolute atomic E-state index is 0.0789. The molecule has 3 rings (SSSR count). The molecular formula is C19H32N8O. The van der Waals surface area contributed by atoms with Crippen molar-refractivity contribution in [1.82, 2.24) is 39.8 Å². The van der Waals surface area contributed by atoms with E-state index in [1.165, 1.54) is 0 Å². The maximum absolute atomic E-state index is 12.9. The molecule has 2 aromatic rings. The summed E-state index contributed by atoms with van der Waals surface area (Å²) in [5, 5.41) is 16.9. The summed E-state index contributed by atoms with van der Waals surface area (Å²) in [6.45, 7) is 8.76. The SMILES string of the molecule is Cc1cnn(CC(=O)N2CCCC(c3nnnn3CCC(C)C)(N(C)C)C2)c1. The van der Waals surface area contributed by atoms with Crippen LogP contribution in [0.5, 0.6) is 0 Å². The second kappa shape index (κ2) is 8.38. The Morgan fingerprint density at radius 3 is 2.79 bits per heavy atom. The van der Waals surface area contributed by atoms with Crippen molar-refractivity contribution in [3.05, 3.63) is 23.8 Å². The first kappa shape index (κ1) is 20.4. The van der Waals surface area contributed by atoms with Gasteiger partial charge in [-0.25, -0.2) is 4.68 Å². The third-order valence-corrected chi connectivity index (χ3v) is 5.61. The number of piperidine rings is 1. The standard InChI is InChI=1S/C19H32N8O/c1-15(2)7-10-27-18(21-22-23-27)19(24(4)5)8-6-9-25(14-19)17(28)13-26-12-16(3)11-20-26/h11-12,15H,6-10,13-14H2,1-5H3. The van der Waals surface area contributed by atoms with Gasteiger partial charge in [-0.3, -0.25) is 14.4 Å². The van der Waals surface area contributed by atoms with Gasteiger partial charge in [0.25, 0.3) is 0 Å². The molecule has 0 spiro atoms. The second-order valence-electron chi connectivity index (χ2n) is 8.47. The van der Waals surface area contributed by atoms with Crippen LogP contribution in [0, 0.1) is 12.8 Å². The van der Waals surface area contributed by atoms with Gasteiger partial charge in [-0.15, -0.1) is 5.10 Å². The van der Waals surface area contributed by atoms with Crippen molar-refractivity contribution in [3.8, 4) is 0 Å². The average Bonchev–Trinajstić information content (AvgIpc) is 3.28. The number of carbonyl (C=O) groups is 1. The molecule has 1 saturated heterocycles. The number of amides is 1. The zero-order valence-electron chi connectivity index (χ0n) is 17.7. The van der Waals surface area contributed by atoms with Gasteiger partial charge >= 0.3 is 0 Å². The molecular weight excluding hydrogens is 356 g/mol. The van der Waals surface area contributed by atoms with Crippen LogP contribution >= 0.6 is 0 Å². The number of aromatic nitrogens is 6. The molecule has 0 bridgehead atoms. The number of likely N-dealkylation sites (N-methyl/N-ethyl adjacent to an activating group) is 1. The third-order valence-electron chi connectivity index (χ3n) is 5.61. The smallest absolute Gasteiger partial charge is 0.244 e. The molecule has 3 heterocycles. The summed E-state index contributed by atoms with van der Waals surface area (Å²) >= 11 is 0.